The first-order valence-electron chi connectivity index (χ1n) is 8.32. The number of carbonyl (C=O) groups excluding carboxylic acids is 1. The third-order valence-corrected chi connectivity index (χ3v) is 8.64. The predicted molar refractivity (Wildman–Crippen MR) is 119 cm³/mol. The van der Waals surface area contributed by atoms with Gasteiger partial charge in [-0.05, 0) is 35.4 Å². The van der Waals surface area contributed by atoms with Crippen LogP contribution < -0.4 is 0 Å². The summed E-state index contributed by atoms with van der Waals surface area (Å²) in [6.45, 7) is 8.23. The third-order valence-electron chi connectivity index (χ3n) is 4.94. The van der Waals surface area contributed by atoms with Crippen molar-refractivity contribution in [3.63, 3.8) is 0 Å². The standard InChI is InChI=1S/C21H22Br2Cl2O/c1-20(2,13-5-9-15(24)10-6-13)18(22)17(26)19(23)21(3,4)14-7-11-16(25)12-8-14/h5-12,18-19H,1-4H3. The fourth-order valence-electron chi connectivity index (χ4n) is 2.89. The van der Waals surface area contributed by atoms with Gasteiger partial charge in [-0.1, -0.05) is 107 Å². The Hall–Kier alpha value is -0.350. The molecule has 0 heterocycles. The number of carbonyl (C=O) groups is 1. The van der Waals surface area contributed by atoms with Crippen LogP contribution in [-0.4, -0.2) is 15.4 Å². The van der Waals surface area contributed by atoms with E-state index in [0.717, 1.165) is 11.1 Å². The Balaban J connectivity index is 2.28. The van der Waals surface area contributed by atoms with Gasteiger partial charge in [-0.25, -0.2) is 0 Å². The monoisotopic (exact) mass is 518 g/mol. The maximum atomic E-state index is 13.3. The molecule has 0 amide bonds. The van der Waals surface area contributed by atoms with Crippen LogP contribution in [-0.2, 0) is 15.6 Å². The van der Waals surface area contributed by atoms with Crippen molar-refractivity contribution in [2.75, 3.05) is 0 Å². The van der Waals surface area contributed by atoms with E-state index in [0.29, 0.717) is 10.0 Å². The molecule has 2 unspecified atom stereocenters. The van der Waals surface area contributed by atoms with E-state index < -0.39 is 0 Å². The quantitative estimate of drug-likeness (QED) is 0.364. The zero-order chi connectivity index (χ0) is 19.7. The fourth-order valence-corrected chi connectivity index (χ4v) is 4.56. The van der Waals surface area contributed by atoms with Gasteiger partial charge in [0.1, 0.15) is 0 Å². The molecule has 2 atom stereocenters. The highest BCUT2D eigenvalue weighted by Crippen LogP contribution is 2.39. The highest BCUT2D eigenvalue weighted by atomic mass is 79.9. The molecule has 1 nitrogen and oxygen atoms in total. The van der Waals surface area contributed by atoms with Crippen molar-refractivity contribution in [1.82, 2.24) is 0 Å². The van der Waals surface area contributed by atoms with Crippen molar-refractivity contribution in [1.29, 1.82) is 0 Å². The number of hydrogen-bond acceptors (Lipinski definition) is 1. The van der Waals surface area contributed by atoms with Crippen LogP contribution >= 0.6 is 55.1 Å². The molecule has 0 bridgehead atoms. The summed E-state index contributed by atoms with van der Waals surface area (Å²) in [7, 11) is 0. The summed E-state index contributed by atoms with van der Waals surface area (Å²) in [6, 6.07) is 15.3. The second-order valence-electron chi connectivity index (χ2n) is 7.58. The minimum absolute atomic E-state index is 0.102. The van der Waals surface area contributed by atoms with Gasteiger partial charge in [0.2, 0.25) is 0 Å². The van der Waals surface area contributed by atoms with Crippen molar-refractivity contribution < 1.29 is 4.79 Å². The Kier molecular flexibility index (Phi) is 7.04. The first-order valence-corrected chi connectivity index (χ1v) is 10.9. The largest absolute Gasteiger partial charge is 0.297 e. The molecule has 0 radical (unpaired) electrons. The zero-order valence-electron chi connectivity index (χ0n) is 15.2. The summed E-state index contributed by atoms with van der Waals surface area (Å²) in [4.78, 5) is 12.6. The van der Waals surface area contributed by atoms with Crippen molar-refractivity contribution >= 4 is 60.8 Å². The zero-order valence-corrected chi connectivity index (χ0v) is 19.9. The smallest absolute Gasteiger partial charge is 0.161 e. The van der Waals surface area contributed by atoms with Gasteiger partial charge in [0, 0.05) is 20.9 Å². The molecule has 5 heteroatoms. The van der Waals surface area contributed by atoms with Crippen LogP contribution in [0.1, 0.15) is 38.8 Å². The summed E-state index contributed by atoms with van der Waals surface area (Å²) in [5.41, 5.74) is 1.34. The van der Waals surface area contributed by atoms with Gasteiger partial charge in [0.15, 0.2) is 5.78 Å². The van der Waals surface area contributed by atoms with Crippen LogP contribution in [0.4, 0.5) is 0 Å². The molecule has 0 aliphatic rings. The van der Waals surface area contributed by atoms with Gasteiger partial charge >= 0.3 is 0 Å². The van der Waals surface area contributed by atoms with Gasteiger partial charge in [-0.2, -0.15) is 0 Å². The molecular weight excluding hydrogens is 499 g/mol. The molecule has 26 heavy (non-hydrogen) atoms. The van der Waals surface area contributed by atoms with E-state index in [9.17, 15) is 4.79 Å². The van der Waals surface area contributed by atoms with E-state index in [1.165, 1.54) is 0 Å². The molecule has 140 valence electrons. The van der Waals surface area contributed by atoms with E-state index >= 15 is 0 Å². The number of Topliss-reactive ketones (excluding diaryl/α,β-unsaturated/α-hetero) is 1. The SMILES string of the molecule is CC(C)(c1ccc(Cl)cc1)C(Br)C(=O)C(Br)C(C)(C)c1ccc(Cl)cc1. The van der Waals surface area contributed by atoms with E-state index in [2.05, 4.69) is 59.6 Å². The lowest BCUT2D eigenvalue weighted by Crippen LogP contribution is -2.45. The second-order valence-corrected chi connectivity index (χ2v) is 10.3. The molecule has 0 aliphatic heterocycles. The summed E-state index contributed by atoms with van der Waals surface area (Å²) in [6.07, 6.45) is 0. The first kappa shape index (κ1) is 21.9. The van der Waals surface area contributed by atoms with Gasteiger partial charge in [-0.15, -0.1) is 0 Å². The van der Waals surface area contributed by atoms with Crippen LogP contribution in [0.5, 0.6) is 0 Å². The number of rotatable bonds is 6. The van der Waals surface area contributed by atoms with Gasteiger partial charge in [0.25, 0.3) is 0 Å². The van der Waals surface area contributed by atoms with Gasteiger partial charge in [0.05, 0.1) is 9.65 Å². The van der Waals surface area contributed by atoms with Crippen LogP contribution in [0.3, 0.4) is 0 Å². The second kappa shape index (κ2) is 8.34. The molecule has 2 aromatic rings. The number of halogens is 4. The van der Waals surface area contributed by atoms with Gasteiger partial charge in [-0.3, -0.25) is 4.79 Å². The molecule has 0 aliphatic carbocycles. The highest BCUT2D eigenvalue weighted by molar-refractivity contribution is 9.10. The minimum Gasteiger partial charge on any atom is -0.297 e. The fraction of sp³-hybridized carbons (Fsp3) is 0.381. The maximum Gasteiger partial charge on any atom is 0.161 e. The molecule has 0 spiro atoms. The van der Waals surface area contributed by atoms with Crippen LogP contribution in [0.2, 0.25) is 10.0 Å². The number of hydrogen-bond donors (Lipinski definition) is 0. The Bertz CT molecular complexity index is 702. The third kappa shape index (κ3) is 4.55. The van der Waals surface area contributed by atoms with Gasteiger partial charge < -0.3 is 0 Å². The molecular formula is C21H22Br2Cl2O. The van der Waals surface area contributed by atoms with E-state index in [-0.39, 0.29) is 26.3 Å². The minimum atomic E-state index is -0.385. The summed E-state index contributed by atoms with van der Waals surface area (Å²) in [5, 5.41) is 1.37. The Morgan fingerprint density at radius 2 is 1.00 bits per heavy atom. The Labute approximate surface area is 182 Å². The lowest BCUT2D eigenvalue weighted by molar-refractivity contribution is -0.119. The number of benzene rings is 2. The van der Waals surface area contributed by atoms with E-state index in [1.807, 2.05) is 48.5 Å². The highest BCUT2D eigenvalue weighted by Gasteiger charge is 2.42. The summed E-state index contributed by atoms with van der Waals surface area (Å²) in [5.74, 6) is 0.102. The first-order chi connectivity index (χ1) is 12.0. The molecule has 0 aromatic heterocycles. The van der Waals surface area contributed by atoms with E-state index in [4.69, 9.17) is 23.2 Å². The lowest BCUT2D eigenvalue weighted by Gasteiger charge is -2.36. The number of ketones is 1. The molecule has 0 N–H and O–H groups in total. The maximum absolute atomic E-state index is 13.3. The Morgan fingerprint density at radius 3 is 1.27 bits per heavy atom. The van der Waals surface area contributed by atoms with Crippen LogP contribution in [0.15, 0.2) is 48.5 Å². The molecule has 0 fully saturated rings. The van der Waals surface area contributed by atoms with Crippen LogP contribution in [0, 0.1) is 0 Å². The van der Waals surface area contributed by atoms with E-state index in [1.54, 1.807) is 0 Å². The number of alkyl halides is 2. The van der Waals surface area contributed by atoms with Crippen molar-refractivity contribution in [3.8, 4) is 0 Å². The molecule has 0 saturated heterocycles. The molecule has 2 rings (SSSR count). The van der Waals surface area contributed by atoms with Crippen LogP contribution in [0.25, 0.3) is 0 Å². The van der Waals surface area contributed by atoms with Crippen molar-refractivity contribution in [3.05, 3.63) is 69.7 Å². The molecule has 2 aromatic carbocycles. The normalized spacial score (nSPS) is 14.8. The summed E-state index contributed by atoms with van der Waals surface area (Å²) >= 11 is 19.3. The average Bonchev–Trinajstić information content (AvgIpc) is 2.60. The molecule has 0 saturated carbocycles. The average molecular weight is 521 g/mol. The van der Waals surface area contributed by atoms with Crippen molar-refractivity contribution in [2.45, 2.75) is 48.2 Å². The lowest BCUT2D eigenvalue weighted by atomic mass is 9.74. The summed E-state index contributed by atoms with van der Waals surface area (Å²) < 4.78 is 0. The Morgan fingerprint density at radius 1 is 0.731 bits per heavy atom. The topological polar surface area (TPSA) is 17.1 Å². The van der Waals surface area contributed by atoms with Crippen molar-refractivity contribution in [2.24, 2.45) is 0 Å². The predicted octanol–water partition coefficient (Wildman–Crippen LogP) is 7.34.